The average Bonchev–Trinajstić information content (AvgIpc) is 3.04. The van der Waals surface area contributed by atoms with Gasteiger partial charge in [0.15, 0.2) is 0 Å². The third-order valence-electron chi connectivity index (χ3n) is 3.14. The van der Waals surface area contributed by atoms with Crippen LogP contribution in [0.2, 0.25) is 0 Å². The summed E-state index contributed by atoms with van der Waals surface area (Å²) in [6.07, 6.45) is 6.33. The maximum absolute atomic E-state index is 6.07. The SMILES string of the molecule is NC(CCCc1ccc(I)cc1)C1CC1. The van der Waals surface area contributed by atoms with Crippen LogP contribution in [0.1, 0.15) is 31.2 Å². The molecule has 0 aliphatic heterocycles. The summed E-state index contributed by atoms with van der Waals surface area (Å²) in [7, 11) is 0. The van der Waals surface area contributed by atoms with Gasteiger partial charge in [0.2, 0.25) is 0 Å². The second-order valence-corrected chi connectivity index (χ2v) is 5.77. The first-order chi connectivity index (χ1) is 7.25. The Kier molecular flexibility index (Phi) is 4.03. The van der Waals surface area contributed by atoms with Gasteiger partial charge in [-0.05, 0) is 78.3 Å². The molecule has 1 aromatic rings. The number of aryl methyl sites for hydroxylation is 1. The lowest BCUT2D eigenvalue weighted by Crippen LogP contribution is -2.22. The van der Waals surface area contributed by atoms with Gasteiger partial charge in [-0.1, -0.05) is 12.1 Å². The van der Waals surface area contributed by atoms with Gasteiger partial charge in [-0.3, -0.25) is 0 Å². The topological polar surface area (TPSA) is 26.0 Å². The van der Waals surface area contributed by atoms with E-state index in [2.05, 4.69) is 46.9 Å². The smallest absolute Gasteiger partial charge is 0.0130 e. The van der Waals surface area contributed by atoms with Crippen LogP contribution in [0.3, 0.4) is 0 Å². The average molecular weight is 315 g/mol. The molecule has 0 radical (unpaired) electrons. The molecule has 0 saturated heterocycles. The zero-order valence-corrected chi connectivity index (χ0v) is 11.1. The second-order valence-electron chi connectivity index (χ2n) is 4.52. The Bertz CT molecular complexity index is 303. The number of hydrogen-bond acceptors (Lipinski definition) is 1. The molecule has 1 aliphatic rings. The third kappa shape index (κ3) is 3.76. The molecular weight excluding hydrogens is 297 g/mol. The number of halogens is 1. The van der Waals surface area contributed by atoms with Crippen LogP contribution in [0, 0.1) is 9.49 Å². The van der Waals surface area contributed by atoms with Gasteiger partial charge < -0.3 is 5.73 Å². The van der Waals surface area contributed by atoms with Crippen molar-refractivity contribution in [3.63, 3.8) is 0 Å². The summed E-state index contributed by atoms with van der Waals surface area (Å²) in [5.74, 6) is 0.849. The van der Waals surface area contributed by atoms with Gasteiger partial charge in [0.1, 0.15) is 0 Å². The van der Waals surface area contributed by atoms with Crippen molar-refractivity contribution in [3.05, 3.63) is 33.4 Å². The van der Waals surface area contributed by atoms with Gasteiger partial charge in [-0.15, -0.1) is 0 Å². The minimum absolute atomic E-state index is 0.467. The standard InChI is InChI=1S/C13H18IN/c14-12-8-4-10(5-9-12)2-1-3-13(15)11-6-7-11/h4-5,8-9,11,13H,1-3,6-7,15H2. The Morgan fingerprint density at radius 3 is 2.53 bits per heavy atom. The Labute approximate surface area is 106 Å². The monoisotopic (exact) mass is 315 g/mol. The van der Waals surface area contributed by atoms with Crippen molar-refractivity contribution in [3.8, 4) is 0 Å². The fraction of sp³-hybridized carbons (Fsp3) is 0.538. The number of rotatable bonds is 5. The summed E-state index contributed by atoms with van der Waals surface area (Å²) in [6.45, 7) is 0. The van der Waals surface area contributed by atoms with Crippen LogP contribution in [-0.4, -0.2) is 6.04 Å². The van der Waals surface area contributed by atoms with Crippen molar-refractivity contribution in [2.45, 2.75) is 38.1 Å². The number of benzene rings is 1. The highest BCUT2D eigenvalue weighted by Gasteiger charge is 2.27. The minimum Gasteiger partial charge on any atom is -0.327 e. The third-order valence-corrected chi connectivity index (χ3v) is 3.86. The molecule has 0 bridgehead atoms. The fourth-order valence-electron chi connectivity index (χ4n) is 1.95. The van der Waals surface area contributed by atoms with E-state index >= 15 is 0 Å². The minimum atomic E-state index is 0.467. The first-order valence-corrected chi connectivity index (χ1v) is 6.83. The van der Waals surface area contributed by atoms with E-state index in [0.29, 0.717) is 6.04 Å². The van der Waals surface area contributed by atoms with Crippen LogP contribution in [-0.2, 0) is 6.42 Å². The van der Waals surface area contributed by atoms with Crippen LogP contribution in [0.25, 0.3) is 0 Å². The fourth-order valence-corrected chi connectivity index (χ4v) is 2.31. The van der Waals surface area contributed by atoms with Crippen molar-refractivity contribution < 1.29 is 0 Å². The van der Waals surface area contributed by atoms with E-state index in [1.165, 1.54) is 41.2 Å². The maximum atomic E-state index is 6.07. The van der Waals surface area contributed by atoms with Gasteiger partial charge in [-0.25, -0.2) is 0 Å². The maximum Gasteiger partial charge on any atom is 0.0130 e. The predicted octanol–water partition coefficient (Wildman–Crippen LogP) is 3.35. The van der Waals surface area contributed by atoms with E-state index in [-0.39, 0.29) is 0 Å². The summed E-state index contributed by atoms with van der Waals surface area (Å²) in [5, 5.41) is 0. The van der Waals surface area contributed by atoms with E-state index in [0.717, 1.165) is 5.92 Å². The largest absolute Gasteiger partial charge is 0.327 e. The molecule has 2 rings (SSSR count). The van der Waals surface area contributed by atoms with Crippen molar-refractivity contribution in [1.29, 1.82) is 0 Å². The molecule has 1 fully saturated rings. The number of nitrogens with two attached hydrogens (primary N) is 1. The summed E-state index contributed by atoms with van der Waals surface area (Å²) < 4.78 is 1.31. The van der Waals surface area contributed by atoms with Crippen LogP contribution in [0.4, 0.5) is 0 Å². The molecule has 2 N–H and O–H groups in total. The molecule has 0 spiro atoms. The second kappa shape index (κ2) is 5.30. The normalized spacial score (nSPS) is 17.7. The zero-order valence-electron chi connectivity index (χ0n) is 8.95. The molecule has 0 heterocycles. The highest BCUT2D eigenvalue weighted by Crippen LogP contribution is 2.33. The van der Waals surface area contributed by atoms with Gasteiger partial charge in [0.25, 0.3) is 0 Å². The van der Waals surface area contributed by atoms with Crippen LogP contribution in [0.15, 0.2) is 24.3 Å². The summed E-state index contributed by atoms with van der Waals surface area (Å²) >= 11 is 2.34. The van der Waals surface area contributed by atoms with E-state index in [1.54, 1.807) is 0 Å². The van der Waals surface area contributed by atoms with Crippen molar-refractivity contribution in [2.24, 2.45) is 11.7 Å². The first kappa shape index (κ1) is 11.4. The molecule has 15 heavy (non-hydrogen) atoms. The van der Waals surface area contributed by atoms with Gasteiger partial charge in [-0.2, -0.15) is 0 Å². The summed E-state index contributed by atoms with van der Waals surface area (Å²) in [6, 6.07) is 9.27. The van der Waals surface area contributed by atoms with Crippen LogP contribution in [0.5, 0.6) is 0 Å². The molecular formula is C13H18IN. The molecule has 0 amide bonds. The van der Waals surface area contributed by atoms with Crippen LogP contribution >= 0.6 is 22.6 Å². The van der Waals surface area contributed by atoms with Crippen molar-refractivity contribution >= 4 is 22.6 Å². The highest BCUT2D eigenvalue weighted by atomic mass is 127. The lowest BCUT2D eigenvalue weighted by Gasteiger charge is -2.09. The lowest BCUT2D eigenvalue weighted by atomic mass is 10.0. The number of hydrogen-bond donors (Lipinski definition) is 1. The molecule has 1 aromatic carbocycles. The molecule has 0 aromatic heterocycles. The Morgan fingerprint density at radius 1 is 1.27 bits per heavy atom. The molecule has 2 heteroatoms. The Balaban J connectivity index is 1.70. The first-order valence-electron chi connectivity index (χ1n) is 5.76. The summed E-state index contributed by atoms with van der Waals surface area (Å²) in [4.78, 5) is 0. The molecule has 1 saturated carbocycles. The van der Waals surface area contributed by atoms with E-state index in [1.807, 2.05) is 0 Å². The molecule has 1 unspecified atom stereocenters. The van der Waals surface area contributed by atoms with Crippen molar-refractivity contribution in [1.82, 2.24) is 0 Å². The van der Waals surface area contributed by atoms with E-state index < -0.39 is 0 Å². The zero-order chi connectivity index (χ0) is 10.7. The Hall–Kier alpha value is -0.0900. The molecule has 1 aliphatic carbocycles. The van der Waals surface area contributed by atoms with E-state index in [9.17, 15) is 0 Å². The van der Waals surface area contributed by atoms with Gasteiger partial charge in [0, 0.05) is 9.61 Å². The Morgan fingerprint density at radius 2 is 1.93 bits per heavy atom. The van der Waals surface area contributed by atoms with Crippen LogP contribution < -0.4 is 5.73 Å². The van der Waals surface area contributed by atoms with Gasteiger partial charge >= 0.3 is 0 Å². The quantitative estimate of drug-likeness (QED) is 0.829. The highest BCUT2D eigenvalue weighted by molar-refractivity contribution is 14.1. The van der Waals surface area contributed by atoms with Gasteiger partial charge in [0.05, 0.1) is 0 Å². The molecule has 1 atom stereocenters. The predicted molar refractivity (Wildman–Crippen MR) is 72.8 cm³/mol. The molecule has 82 valence electrons. The van der Waals surface area contributed by atoms with Crippen molar-refractivity contribution in [2.75, 3.05) is 0 Å². The summed E-state index contributed by atoms with van der Waals surface area (Å²) in [5.41, 5.74) is 7.51. The lowest BCUT2D eigenvalue weighted by molar-refractivity contribution is 0.528. The van der Waals surface area contributed by atoms with E-state index in [4.69, 9.17) is 5.73 Å². The molecule has 1 nitrogen and oxygen atoms in total.